The van der Waals surface area contributed by atoms with Crippen molar-refractivity contribution >= 4 is 12.0 Å². The number of fused-ring (bicyclic) bond motifs is 1. The lowest BCUT2D eigenvalue weighted by Crippen LogP contribution is -2.50. The topological polar surface area (TPSA) is 81.7 Å². The molecular weight excluding hydrogens is 222 g/mol. The normalized spacial score (nSPS) is 29.7. The molecule has 6 heteroatoms. The van der Waals surface area contributed by atoms with E-state index in [4.69, 9.17) is 5.11 Å². The first-order valence-electron chi connectivity index (χ1n) is 6.12. The number of urea groups is 1. The van der Waals surface area contributed by atoms with Crippen molar-refractivity contribution < 1.29 is 14.7 Å². The molecule has 0 spiro atoms. The summed E-state index contributed by atoms with van der Waals surface area (Å²) in [6, 6.07) is -0.617. The van der Waals surface area contributed by atoms with Crippen molar-refractivity contribution in [3.05, 3.63) is 0 Å². The number of hydrogen-bond acceptors (Lipinski definition) is 3. The maximum atomic E-state index is 11.6. The molecule has 0 aliphatic carbocycles. The van der Waals surface area contributed by atoms with Gasteiger partial charge in [-0.3, -0.25) is 9.69 Å². The smallest absolute Gasteiger partial charge is 0.325 e. The predicted molar refractivity (Wildman–Crippen MR) is 61.8 cm³/mol. The van der Waals surface area contributed by atoms with E-state index in [1.165, 1.54) is 13.3 Å². The van der Waals surface area contributed by atoms with E-state index in [1.807, 2.05) is 0 Å². The highest BCUT2D eigenvalue weighted by molar-refractivity contribution is 5.82. The lowest BCUT2D eigenvalue weighted by molar-refractivity contribution is -0.138. The van der Waals surface area contributed by atoms with Gasteiger partial charge < -0.3 is 15.7 Å². The van der Waals surface area contributed by atoms with E-state index in [0.29, 0.717) is 6.04 Å². The van der Waals surface area contributed by atoms with E-state index in [9.17, 15) is 9.59 Å². The van der Waals surface area contributed by atoms with Gasteiger partial charge in [-0.15, -0.1) is 0 Å². The van der Waals surface area contributed by atoms with Crippen LogP contribution >= 0.6 is 0 Å². The lowest BCUT2D eigenvalue weighted by atomic mass is 10.1. The summed E-state index contributed by atoms with van der Waals surface area (Å²) in [4.78, 5) is 24.6. The van der Waals surface area contributed by atoms with Crippen LogP contribution < -0.4 is 10.6 Å². The van der Waals surface area contributed by atoms with E-state index in [1.54, 1.807) is 0 Å². The van der Waals surface area contributed by atoms with Gasteiger partial charge in [0.25, 0.3) is 0 Å². The third-order valence-corrected chi connectivity index (χ3v) is 3.64. The third-order valence-electron chi connectivity index (χ3n) is 3.64. The molecule has 2 heterocycles. The van der Waals surface area contributed by atoms with Gasteiger partial charge in [0, 0.05) is 18.6 Å². The van der Waals surface area contributed by atoms with E-state index in [0.717, 1.165) is 25.9 Å². The molecule has 17 heavy (non-hydrogen) atoms. The van der Waals surface area contributed by atoms with Crippen molar-refractivity contribution in [1.82, 2.24) is 15.5 Å². The second kappa shape index (κ2) is 4.91. The maximum absolute atomic E-state index is 11.6. The average molecular weight is 241 g/mol. The SMILES string of the molecule is C[C@H](NC(=O)NC1CCN2CCCC12)C(=O)O. The van der Waals surface area contributed by atoms with Crippen LogP contribution in [0.3, 0.4) is 0 Å². The highest BCUT2D eigenvalue weighted by Gasteiger charge is 2.37. The quantitative estimate of drug-likeness (QED) is 0.649. The van der Waals surface area contributed by atoms with E-state index in [-0.39, 0.29) is 12.1 Å². The van der Waals surface area contributed by atoms with Crippen LogP contribution in [0.5, 0.6) is 0 Å². The Morgan fingerprint density at radius 1 is 1.35 bits per heavy atom. The second-order valence-electron chi connectivity index (χ2n) is 4.82. The zero-order valence-electron chi connectivity index (χ0n) is 9.98. The van der Waals surface area contributed by atoms with Crippen molar-refractivity contribution in [2.45, 2.75) is 44.3 Å². The largest absolute Gasteiger partial charge is 0.480 e. The average Bonchev–Trinajstić information content (AvgIpc) is 2.82. The Bertz CT molecular complexity index is 321. The number of hydrogen-bond donors (Lipinski definition) is 3. The zero-order chi connectivity index (χ0) is 12.4. The molecule has 2 aliphatic rings. The molecule has 0 aromatic heterocycles. The Morgan fingerprint density at radius 3 is 2.82 bits per heavy atom. The Balaban J connectivity index is 1.81. The van der Waals surface area contributed by atoms with Gasteiger partial charge in [-0.2, -0.15) is 0 Å². The second-order valence-corrected chi connectivity index (χ2v) is 4.82. The number of carbonyl (C=O) groups is 2. The number of amides is 2. The van der Waals surface area contributed by atoms with Gasteiger partial charge in [-0.25, -0.2) is 4.79 Å². The molecule has 0 saturated carbocycles. The third kappa shape index (κ3) is 2.69. The minimum Gasteiger partial charge on any atom is -0.480 e. The number of nitrogens with zero attached hydrogens (tertiary/aromatic N) is 1. The van der Waals surface area contributed by atoms with Gasteiger partial charge in [-0.1, -0.05) is 0 Å². The predicted octanol–water partition coefficient (Wildman–Crippen LogP) is -0.00460. The molecule has 2 rings (SSSR count). The molecule has 3 atom stereocenters. The maximum Gasteiger partial charge on any atom is 0.325 e. The fourth-order valence-corrected chi connectivity index (χ4v) is 2.72. The van der Waals surface area contributed by atoms with Gasteiger partial charge in [0.2, 0.25) is 0 Å². The first kappa shape index (κ1) is 12.2. The molecule has 0 bridgehead atoms. The molecule has 2 saturated heterocycles. The molecule has 2 unspecified atom stereocenters. The highest BCUT2D eigenvalue weighted by atomic mass is 16.4. The van der Waals surface area contributed by atoms with Crippen LogP contribution in [0.25, 0.3) is 0 Å². The first-order valence-corrected chi connectivity index (χ1v) is 6.12. The number of aliphatic carboxylic acids is 1. The minimum absolute atomic E-state index is 0.165. The lowest BCUT2D eigenvalue weighted by Gasteiger charge is -2.22. The summed E-state index contributed by atoms with van der Waals surface area (Å²) in [5.41, 5.74) is 0. The molecule has 0 aromatic rings. The first-order chi connectivity index (χ1) is 8.08. The van der Waals surface area contributed by atoms with Gasteiger partial charge in [0.15, 0.2) is 0 Å². The van der Waals surface area contributed by atoms with Crippen molar-refractivity contribution in [3.63, 3.8) is 0 Å². The Hall–Kier alpha value is -1.30. The molecule has 6 nitrogen and oxygen atoms in total. The standard InChI is InChI=1S/C11H19N3O3/c1-7(10(15)16)12-11(17)13-8-4-6-14-5-2-3-9(8)14/h7-9H,2-6H2,1H3,(H,15,16)(H2,12,13,17)/t7-,8?,9?/m0/s1. The molecule has 2 aliphatic heterocycles. The number of carboxylic acid groups (broad SMARTS) is 1. The molecular formula is C11H19N3O3. The van der Waals surface area contributed by atoms with Gasteiger partial charge >= 0.3 is 12.0 Å². The minimum atomic E-state index is -1.02. The van der Waals surface area contributed by atoms with Gasteiger partial charge in [0.05, 0.1) is 0 Å². The number of carboxylic acids is 1. The van der Waals surface area contributed by atoms with Gasteiger partial charge in [-0.05, 0) is 32.7 Å². The summed E-state index contributed by atoms with van der Waals surface area (Å²) in [7, 11) is 0. The van der Waals surface area contributed by atoms with Crippen molar-refractivity contribution in [3.8, 4) is 0 Å². The van der Waals surface area contributed by atoms with E-state index >= 15 is 0 Å². The Kier molecular flexibility index (Phi) is 3.51. The molecule has 3 N–H and O–H groups in total. The summed E-state index contributed by atoms with van der Waals surface area (Å²) < 4.78 is 0. The van der Waals surface area contributed by atoms with Crippen LogP contribution in [0.4, 0.5) is 4.79 Å². The van der Waals surface area contributed by atoms with Crippen molar-refractivity contribution in [2.24, 2.45) is 0 Å². The van der Waals surface area contributed by atoms with Crippen molar-refractivity contribution in [1.29, 1.82) is 0 Å². The van der Waals surface area contributed by atoms with Crippen LogP contribution in [-0.4, -0.2) is 53.2 Å². The number of nitrogens with one attached hydrogen (secondary N) is 2. The van der Waals surface area contributed by atoms with E-state index in [2.05, 4.69) is 15.5 Å². The molecule has 0 radical (unpaired) electrons. The summed E-state index contributed by atoms with van der Waals surface area (Å²) in [6.07, 6.45) is 3.27. The number of carbonyl (C=O) groups excluding carboxylic acids is 1. The van der Waals surface area contributed by atoms with Crippen LogP contribution in [0.1, 0.15) is 26.2 Å². The van der Waals surface area contributed by atoms with Crippen LogP contribution in [0.15, 0.2) is 0 Å². The molecule has 2 fully saturated rings. The highest BCUT2D eigenvalue weighted by Crippen LogP contribution is 2.27. The van der Waals surface area contributed by atoms with Crippen LogP contribution in [-0.2, 0) is 4.79 Å². The monoisotopic (exact) mass is 241 g/mol. The summed E-state index contributed by atoms with van der Waals surface area (Å²) in [6.45, 7) is 3.61. The van der Waals surface area contributed by atoms with E-state index < -0.39 is 12.0 Å². The molecule has 96 valence electrons. The Labute approximate surface area is 100 Å². The van der Waals surface area contributed by atoms with Crippen LogP contribution in [0.2, 0.25) is 0 Å². The fourth-order valence-electron chi connectivity index (χ4n) is 2.72. The fraction of sp³-hybridized carbons (Fsp3) is 0.818. The Morgan fingerprint density at radius 2 is 2.12 bits per heavy atom. The summed E-state index contributed by atoms with van der Waals surface area (Å²) in [5.74, 6) is -1.02. The summed E-state index contributed by atoms with van der Waals surface area (Å²) >= 11 is 0. The molecule has 2 amide bonds. The summed E-state index contributed by atoms with van der Waals surface area (Å²) in [5, 5.41) is 14.0. The number of rotatable bonds is 3. The zero-order valence-corrected chi connectivity index (χ0v) is 9.98. The van der Waals surface area contributed by atoms with Gasteiger partial charge in [0.1, 0.15) is 6.04 Å². The molecule has 0 aromatic carbocycles. The van der Waals surface area contributed by atoms with Crippen molar-refractivity contribution in [2.75, 3.05) is 13.1 Å². The van der Waals surface area contributed by atoms with Crippen LogP contribution in [0, 0.1) is 0 Å².